The molecule has 0 spiro atoms. The Morgan fingerprint density at radius 3 is 2.71 bits per heavy atom. The van der Waals surface area contributed by atoms with Gasteiger partial charge in [0.15, 0.2) is 0 Å². The number of carbonyl (C=O) groups is 2. The van der Waals surface area contributed by atoms with Crippen molar-refractivity contribution in [3.8, 4) is 0 Å². The molecular formula is C9H11N5O3. The fourth-order valence-electron chi connectivity index (χ4n) is 1.67. The molecule has 0 aliphatic carbocycles. The van der Waals surface area contributed by atoms with Crippen molar-refractivity contribution in [2.45, 2.75) is 13.3 Å². The number of nitrogens with zero attached hydrogens (tertiary/aromatic N) is 4. The maximum atomic E-state index is 11.6. The Labute approximate surface area is 96.5 Å². The molecule has 0 radical (unpaired) electrons. The molecule has 1 amide bonds. The molecule has 17 heavy (non-hydrogen) atoms. The summed E-state index contributed by atoms with van der Waals surface area (Å²) in [7, 11) is 0. The van der Waals surface area contributed by atoms with Gasteiger partial charge in [0.2, 0.25) is 17.8 Å². The minimum absolute atomic E-state index is 0.0130. The highest BCUT2D eigenvalue weighted by Crippen LogP contribution is 2.22. The summed E-state index contributed by atoms with van der Waals surface area (Å²) in [6, 6.07) is 0. The molecule has 1 aromatic heterocycles. The highest BCUT2D eigenvalue weighted by molar-refractivity contribution is 5.97. The lowest BCUT2D eigenvalue weighted by molar-refractivity contribution is -0.141. The number of carbonyl (C=O) groups excluding carboxylic acids is 1. The van der Waals surface area contributed by atoms with Crippen LogP contribution in [0.25, 0.3) is 0 Å². The van der Waals surface area contributed by atoms with Crippen molar-refractivity contribution in [2.75, 3.05) is 17.2 Å². The number of nitrogen functional groups attached to an aromatic ring is 1. The molecule has 0 saturated carbocycles. The van der Waals surface area contributed by atoms with E-state index in [-0.39, 0.29) is 30.8 Å². The van der Waals surface area contributed by atoms with Crippen LogP contribution in [-0.4, -0.2) is 38.5 Å². The molecule has 2 rings (SSSR count). The maximum absolute atomic E-state index is 11.6. The van der Waals surface area contributed by atoms with Gasteiger partial charge in [0.05, 0.1) is 5.92 Å². The van der Waals surface area contributed by atoms with Crippen LogP contribution in [-0.2, 0) is 9.59 Å². The number of amides is 1. The summed E-state index contributed by atoms with van der Waals surface area (Å²) in [5.74, 6) is -1.52. The Morgan fingerprint density at radius 1 is 1.47 bits per heavy atom. The number of rotatable bonds is 2. The monoisotopic (exact) mass is 237 g/mol. The number of carboxylic acid groups (broad SMARTS) is 1. The molecule has 2 heterocycles. The first-order chi connectivity index (χ1) is 7.97. The van der Waals surface area contributed by atoms with Gasteiger partial charge in [-0.05, 0) is 6.92 Å². The Morgan fingerprint density at radius 2 is 2.18 bits per heavy atom. The van der Waals surface area contributed by atoms with Crippen molar-refractivity contribution in [2.24, 2.45) is 5.92 Å². The number of aryl methyl sites for hydroxylation is 1. The summed E-state index contributed by atoms with van der Waals surface area (Å²) >= 11 is 0. The molecule has 0 bridgehead atoms. The predicted octanol–water partition coefficient (Wildman–Crippen LogP) is -0.800. The lowest BCUT2D eigenvalue weighted by atomic mass is 10.1. The van der Waals surface area contributed by atoms with Gasteiger partial charge < -0.3 is 10.8 Å². The number of hydrogen-bond acceptors (Lipinski definition) is 6. The van der Waals surface area contributed by atoms with Crippen molar-refractivity contribution in [1.82, 2.24) is 15.0 Å². The van der Waals surface area contributed by atoms with Gasteiger partial charge in [0.1, 0.15) is 5.82 Å². The highest BCUT2D eigenvalue weighted by Gasteiger charge is 2.36. The van der Waals surface area contributed by atoms with Gasteiger partial charge in [-0.25, -0.2) is 0 Å². The lowest BCUT2D eigenvalue weighted by Gasteiger charge is -2.13. The van der Waals surface area contributed by atoms with E-state index in [1.165, 1.54) is 4.90 Å². The van der Waals surface area contributed by atoms with Crippen LogP contribution in [0, 0.1) is 12.8 Å². The van der Waals surface area contributed by atoms with Gasteiger partial charge in [-0.3, -0.25) is 14.5 Å². The molecule has 1 fully saturated rings. The molecule has 90 valence electrons. The molecule has 1 aliphatic rings. The van der Waals surface area contributed by atoms with E-state index in [2.05, 4.69) is 15.0 Å². The summed E-state index contributed by atoms with van der Waals surface area (Å²) < 4.78 is 0. The Hall–Kier alpha value is -2.25. The first-order valence-corrected chi connectivity index (χ1v) is 4.98. The van der Waals surface area contributed by atoms with E-state index in [4.69, 9.17) is 10.8 Å². The van der Waals surface area contributed by atoms with E-state index in [1.807, 2.05) is 0 Å². The minimum Gasteiger partial charge on any atom is -0.481 e. The summed E-state index contributed by atoms with van der Waals surface area (Å²) in [6.45, 7) is 1.69. The van der Waals surface area contributed by atoms with E-state index in [1.54, 1.807) is 6.92 Å². The normalized spacial score (nSPS) is 19.7. The van der Waals surface area contributed by atoms with Gasteiger partial charge >= 0.3 is 5.97 Å². The van der Waals surface area contributed by atoms with Gasteiger partial charge in [0, 0.05) is 13.0 Å². The predicted molar refractivity (Wildman–Crippen MR) is 57.1 cm³/mol. The van der Waals surface area contributed by atoms with Crippen LogP contribution >= 0.6 is 0 Å². The summed E-state index contributed by atoms with van der Waals surface area (Å²) in [5.41, 5.74) is 5.45. The zero-order valence-corrected chi connectivity index (χ0v) is 9.12. The fourth-order valence-corrected chi connectivity index (χ4v) is 1.67. The van der Waals surface area contributed by atoms with E-state index >= 15 is 0 Å². The molecule has 8 nitrogen and oxygen atoms in total. The van der Waals surface area contributed by atoms with Crippen LogP contribution in [0.2, 0.25) is 0 Å². The van der Waals surface area contributed by atoms with Gasteiger partial charge in [-0.2, -0.15) is 15.0 Å². The topological polar surface area (TPSA) is 122 Å². The molecule has 1 aliphatic heterocycles. The molecule has 1 unspecified atom stereocenters. The van der Waals surface area contributed by atoms with Crippen molar-refractivity contribution in [3.63, 3.8) is 0 Å². The summed E-state index contributed by atoms with van der Waals surface area (Å²) in [4.78, 5) is 35.2. The third-order valence-corrected chi connectivity index (χ3v) is 2.47. The third-order valence-electron chi connectivity index (χ3n) is 2.47. The fraction of sp³-hybridized carbons (Fsp3) is 0.444. The highest BCUT2D eigenvalue weighted by atomic mass is 16.4. The van der Waals surface area contributed by atoms with Crippen molar-refractivity contribution >= 4 is 23.8 Å². The van der Waals surface area contributed by atoms with Gasteiger partial charge in [-0.15, -0.1) is 0 Å². The maximum Gasteiger partial charge on any atom is 0.308 e. The average molecular weight is 237 g/mol. The van der Waals surface area contributed by atoms with Crippen LogP contribution in [0.1, 0.15) is 12.2 Å². The molecule has 8 heteroatoms. The molecule has 1 saturated heterocycles. The number of carboxylic acids is 1. The molecule has 1 atom stereocenters. The summed E-state index contributed by atoms with van der Waals surface area (Å²) in [5, 5.41) is 8.85. The first kappa shape index (κ1) is 11.2. The average Bonchev–Trinajstić information content (AvgIpc) is 2.59. The summed E-state index contributed by atoms with van der Waals surface area (Å²) in [6.07, 6.45) is -0.0417. The quantitative estimate of drug-likeness (QED) is 0.690. The molecule has 1 aromatic rings. The second-order valence-electron chi connectivity index (χ2n) is 3.78. The van der Waals surface area contributed by atoms with E-state index in [0.717, 1.165) is 0 Å². The second-order valence-corrected chi connectivity index (χ2v) is 3.78. The second kappa shape index (κ2) is 3.96. The standard InChI is InChI=1S/C9H11N5O3/c1-4-11-8(10)13-9(12-4)14-3-5(7(16)17)2-6(14)15/h5H,2-3H2,1H3,(H,16,17)(H2,10,11,12,13). The number of hydrogen-bond donors (Lipinski definition) is 2. The van der Waals surface area contributed by atoms with E-state index in [0.29, 0.717) is 5.82 Å². The van der Waals surface area contributed by atoms with Gasteiger partial charge in [-0.1, -0.05) is 0 Å². The number of aromatic nitrogens is 3. The van der Waals surface area contributed by atoms with Crippen molar-refractivity contribution in [3.05, 3.63) is 5.82 Å². The Kier molecular flexibility index (Phi) is 2.62. The molecular weight excluding hydrogens is 226 g/mol. The minimum atomic E-state index is -1.00. The van der Waals surface area contributed by atoms with Crippen molar-refractivity contribution in [1.29, 1.82) is 0 Å². The number of anilines is 2. The van der Waals surface area contributed by atoms with Crippen LogP contribution in [0.4, 0.5) is 11.9 Å². The third kappa shape index (κ3) is 2.14. The van der Waals surface area contributed by atoms with Crippen molar-refractivity contribution < 1.29 is 14.7 Å². The van der Waals surface area contributed by atoms with Crippen LogP contribution in [0.5, 0.6) is 0 Å². The zero-order valence-electron chi connectivity index (χ0n) is 9.12. The molecule has 0 aromatic carbocycles. The van der Waals surface area contributed by atoms with E-state index in [9.17, 15) is 9.59 Å². The Bertz CT molecular complexity index is 469. The number of aliphatic carboxylic acids is 1. The lowest BCUT2D eigenvalue weighted by Crippen LogP contribution is -2.28. The zero-order chi connectivity index (χ0) is 12.6. The van der Waals surface area contributed by atoms with E-state index < -0.39 is 11.9 Å². The SMILES string of the molecule is Cc1nc(N)nc(N2CC(C(=O)O)CC2=O)n1. The van der Waals surface area contributed by atoms with Crippen LogP contribution in [0.3, 0.4) is 0 Å². The largest absolute Gasteiger partial charge is 0.481 e. The number of nitrogens with two attached hydrogens (primary N) is 1. The van der Waals surface area contributed by atoms with Crippen LogP contribution < -0.4 is 10.6 Å². The van der Waals surface area contributed by atoms with Gasteiger partial charge in [0.25, 0.3) is 0 Å². The Balaban J connectivity index is 2.28. The smallest absolute Gasteiger partial charge is 0.308 e. The first-order valence-electron chi connectivity index (χ1n) is 4.98. The molecule has 3 N–H and O–H groups in total. The van der Waals surface area contributed by atoms with Crippen LogP contribution in [0.15, 0.2) is 0 Å².